The summed E-state index contributed by atoms with van der Waals surface area (Å²) in [6.45, 7) is 1.90. The summed E-state index contributed by atoms with van der Waals surface area (Å²) in [5.41, 5.74) is 6.42. The molecule has 0 aliphatic heterocycles. The Morgan fingerprint density at radius 3 is 2.41 bits per heavy atom. The van der Waals surface area contributed by atoms with E-state index in [9.17, 15) is 8.42 Å². The normalized spacial score (nSPS) is 11.6. The van der Waals surface area contributed by atoms with Crippen molar-refractivity contribution in [1.29, 1.82) is 0 Å². The van der Waals surface area contributed by atoms with E-state index in [0.717, 1.165) is 16.9 Å². The van der Waals surface area contributed by atoms with E-state index in [1.54, 1.807) is 24.3 Å². The van der Waals surface area contributed by atoms with Crippen molar-refractivity contribution in [3.8, 4) is 0 Å². The molecule has 0 radical (unpaired) electrons. The first-order valence-corrected chi connectivity index (χ1v) is 7.31. The number of nitrogens with zero attached hydrogens (tertiary/aromatic N) is 2. The molecule has 5 nitrogen and oxygen atoms in total. The molecule has 17 heavy (non-hydrogen) atoms. The van der Waals surface area contributed by atoms with Crippen LogP contribution in [0.25, 0.3) is 0 Å². The zero-order chi connectivity index (χ0) is 12.5. The van der Waals surface area contributed by atoms with E-state index in [2.05, 4.69) is 10.2 Å². The molecular weight excluding hydrogens is 258 g/mol. The molecule has 7 heteroatoms. The molecule has 2 aromatic rings. The largest absolute Gasteiger partial charge is 0.374 e. The van der Waals surface area contributed by atoms with E-state index in [0.29, 0.717) is 5.01 Å². The highest BCUT2D eigenvalue weighted by Gasteiger charge is 2.17. The number of aryl methyl sites for hydroxylation is 1. The number of sulfone groups is 1. The van der Waals surface area contributed by atoms with Crippen molar-refractivity contribution in [2.75, 3.05) is 5.73 Å². The van der Waals surface area contributed by atoms with Crippen molar-refractivity contribution >= 4 is 26.3 Å². The van der Waals surface area contributed by atoms with Crippen LogP contribution in [0.5, 0.6) is 0 Å². The van der Waals surface area contributed by atoms with Gasteiger partial charge in [-0.3, -0.25) is 0 Å². The zero-order valence-corrected chi connectivity index (χ0v) is 10.8. The van der Waals surface area contributed by atoms with E-state index < -0.39 is 9.84 Å². The van der Waals surface area contributed by atoms with Crippen molar-refractivity contribution in [3.05, 3.63) is 34.8 Å². The van der Waals surface area contributed by atoms with Crippen LogP contribution >= 0.6 is 11.3 Å². The van der Waals surface area contributed by atoms with Crippen molar-refractivity contribution in [2.45, 2.75) is 17.6 Å². The van der Waals surface area contributed by atoms with Crippen LogP contribution in [0.3, 0.4) is 0 Å². The lowest BCUT2D eigenvalue weighted by molar-refractivity contribution is 0.595. The van der Waals surface area contributed by atoms with Gasteiger partial charge in [0.15, 0.2) is 9.84 Å². The number of hydrogen-bond acceptors (Lipinski definition) is 6. The second-order valence-corrected chi connectivity index (χ2v) is 6.69. The summed E-state index contributed by atoms with van der Waals surface area (Å²) < 4.78 is 24.0. The number of hydrogen-bond donors (Lipinski definition) is 1. The number of rotatable bonds is 3. The summed E-state index contributed by atoms with van der Waals surface area (Å²) in [6, 6.07) is 6.72. The Bertz CT molecular complexity index is 617. The van der Waals surface area contributed by atoms with Gasteiger partial charge in [-0.1, -0.05) is 29.0 Å². The first-order valence-electron chi connectivity index (χ1n) is 4.85. The minimum absolute atomic E-state index is 0.162. The maximum Gasteiger partial charge on any atom is 0.203 e. The van der Waals surface area contributed by atoms with Crippen LogP contribution in [0.2, 0.25) is 0 Å². The lowest BCUT2D eigenvalue weighted by Gasteiger charge is -2.02. The van der Waals surface area contributed by atoms with Crippen LogP contribution in [0.15, 0.2) is 29.2 Å². The summed E-state index contributed by atoms with van der Waals surface area (Å²) in [5, 5.41) is 7.98. The van der Waals surface area contributed by atoms with Crippen LogP contribution in [0, 0.1) is 6.92 Å². The Kier molecular flexibility index (Phi) is 3.12. The molecule has 0 saturated heterocycles. The third-order valence-electron chi connectivity index (χ3n) is 2.18. The van der Waals surface area contributed by atoms with E-state index >= 15 is 0 Å². The summed E-state index contributed by atoms with van der Waals surface area (Å²) in [5.74, 6) is -0.162. The maximum atomic E-state index is 12.0. The molecule has 0 amide bonds. The standard InChI is InChI=1S/C10H11N3O2S2/c1-7-2-4-8(5-3-7)17(14,15)6-9-12-13-10(11)16-9/h2-5H,6H2,1H3,(H2,11,13). The first kappa shape index (κ1) is 12.0. The van der Waals surface area contributed by atoms with Crippen LogP contribution in [-0.4, -0.2) is 18.6 Å². The maximum absolute atomic E-state index is 12.0. The van der Waals surface area contributed by atoms with Gasteiger partial charge < -0.3 is 5.73 Å². The molecule has 1 heterocycles. The predicted molar refractivity (Wildman–Crippen MR) is 66.4 cm³/mol. The van der Waals surface area contributed by atoms with Crippen LogP contribution in [0.1, 0.15) is 10.6 Å². The minimum Gasteiger partial charge on any atom is -0.374 e. The molecule has 90 valence electrons. The lowest BCUT2D eigenvalue weighted by Crippen LogP contribution is -2.04. The molecule has 2 rings (SSSR count). The number of nitrogens with two attached hydrogens (primary N) is 1. The smallest absolute Gasteiger partial charge is 0.203 e. The van der Waals surface area contributed by atoms with Crippen LogP contribution in [0.4, 0.5) is 5.13 Å². The molecule has 0 saturated carbocycles. The highest BCUT2D eigenvalue weighted by Crippen LogP contribution is 2.19. The van der Waals surface area contributed by atoms with E-state index in [1.165, 1.54) is 0 Å². The second kappa shape index (κ2) is 4.42. The van der Waals surface area contributed by atoms with Crippen molar-refractivity contribution in [1.82, 2.24) is 10.2 Å². The van der Waals surface area contributed by atoms with Gasteiger partial charge in [0.2, 0.25) is 5.13 Å². The summed E-state index contributed by atoms with van der Waals surface area (Å²) >= 11 is 1.09. The topological polar surface area (TPSA) is 85.9 Å². The molecule has 0 spiro atoms. The SMILES string of the molecule is Cc1ccc(S(=O)(=O)Cc2nnc(N)s2)cc1. The number of nitrogen functional groups attached to an aromatic ring is 1. The molecule has 0 unspecified atom stereocenters. The number of aromatic nitrogens is 2. The molecule has 0 atom stereocenters. The molecule has 0 aliphatic carbocycles. The predicted octanol–water partition coefficient (Wildman–Crippen LogP) is 1.40. The summed E-state index contributed by atoms with van der Waals surface area (Å²) in [7, 11) is -3.36. The van der Waals surface area contributed by atoms with Gasteiger partial charge in [0.05, 0.1) is 4.90 Å². The van der Waals surface area contributed by atoms with Gasteiger partial charge in [-0.15, -0.1) is 10.2 Å². The molecule has 1 aromatic carbocycles. The molecule has 1 aromatic heterocycles. The van der Waals surface area contributed by atoms with Crippen molar-refractivity contribution < 1.29 is 8.42 Å². The van der Waals surface area contributed by atoms with Crippen LogP contribution < -0.4 is 5.73 Å². The van der Waals surface area contributed by atoms with E-state index in [4.69, 9.17) is 5.73 Å². The van der Waals surface area contributed by atoms with Gasteiger partial charge in [0.25, 0.3) is 0 Å². The monoisotopic (exact) mass is 269 g/mol. The Hall–Kier alpha value is -1.47. The van der Waals surface area contributed by atoms with Gasteiger partial charge >= 0.3 is 0 Å². The molecule has 0 fully saturated rings. The minimum atomic E-state index is -3.36. The Morgan fingerprint density at radius 2 is 1.88 bits per heavy atom. The second-order valence-electron chi connectivity index (χ2n) is 3.61. The summed E-state index contributed by atoms with van der Waals surface area (Å²) in [4.78, 5) is 0.289. The van der Waals surface area contributed by atoms with E-state index in [-0.39, 0.29) is 15.8 Å². The Morgan fingerprint density at radius 1 is 1.24 bits per heavy atom. The van der Waals surface area contributed by atoms with Crippen molar-refractivity contribution in [3.63, 3.8) is 0 Å². The molecular formula is C10H11N3O2S2. The number of benzene rings is 1. The molecule has 0 bridgehead atoms. The van der Waals surface area contributed by atoms with Crippen molar-refractivity contribution in [2.24, 2.45) is 0 Å². The average molecular weight is 269 g/mol. The van der Waals surface area contributed by atoms with Gasteiger partial charge in [-0.25, -0.2) is 8.42 Å². The fraction of sp³-hybridized carbons (Fsp3) is 0.200. The molecule has 0 aliphatic rings. The third-order valence-corrected chi connectivity index (χ3v) is 4.76. The highest BCUT2D eigenvalue weighted by molar-refractivity contribution is 7.90. The zero-order valence-electron chi connectivity index (χ0n) is 9.12. The van der Waals surface area contributed by atoms with Gasteiger partial charge in [-0.05, 0) is 19.1 Å². The third kappa shape index (κ3) is 2.80. The highest BCUT2D eigenvalue weighted by atomic mass is 32.2. The van der Waals surface area contributed by atoms with E-state index in [1.807, 2.05) is 6.92 Å². The fourth-order valence-corrected chi connectivity index (χ4v) is 3.52. The van der Waals surface area contributed by atoms with Gasteiger partial charge in [-0.2, -0.15) is 0 Å². The van der Waals surface area contributed by atoms with Crippen LogP contribution in [-0.2, 0) is 15.6 Å². The lowest BCUT2D eigenvalue weighted by atomic mass is 10.2. The summed E-state index contributed by atoms with van der Waals surface area (Å²) in [6.07, 6.45) is 0. The fourth-order valence-electron chi connectivity index (χ4n) is 1.32. The van der Waals surface area contributed by atoms with Gasteiger partial charge in [0, 0.05) is 0 Å². The average Bonchev–Trinajstić information content (AvgIpc) is 2.63. The number of anilines is 1. The van der Waals surface area contributed by atoms with Gasteiger partial charge in [0.1, 0.15) is 10.8 Å². The first-order chi connectivity index (χ1) is 7.97. The quantitative estimate of drug-likeness (QED) is 0.910. The Balaban J connectivity index is 2.28. The Labute approximate surface area is 103 Å². The molecule has 2 N–H and O–H groups in total.